The van der Waals surface area contributed by atoms with Gasteiger partial charge in [0.15, 0.2) is 0 Å². The summed E-state index contributed by atoms with van der Waals surface area (Å²) in [6.07, 6.45) is 0. The number of aromatic carboxylic acids is 1. The number of carbonyl (C=O) groups excluding carboxylic acids is 1. The Morgan fingerprint density at radius 3 is 2.74 bits per heavy atom. The number of rotatable bonds is 3. The fraction of sp³-hybridized carbons (Fsp3) is 0. The Bertz CT molecular complexity index is 618. The van der Waals surface area contributed by atoms with E-state index in [-0.39, 0.29) is 10.7 Å². The van der Waals surface area contributed by atoms with Crippen molar-refractivity contribution in [3.05, 3.63) is 28.2 Å². The molecular formula is C9H6BrN5O3S. The van der Waals surface area contributed by atoms with Crippen molar-refractivity contribution in [3.8, 4) is 0 Å². The van der Waals surface area contributed by atoms with Crippen molar-refractivity contribution in [2.75, 3.05) is 10.6 Å². The first-order valence-electron chi connectivity index (χ1n) is 4.82. The van der Waals surface area contributed by atoms with Crippen LogP contribution in [0.5, 0.6) is 0 Å². The first-order valence-corrected chi connectivity index (χ1v) is 6.39. The molecule has 2 aromatic rings. The molecule has 0 atom stereocenters. The molecule has 0 bridgehead atoms. The first-order chi connectivity index (χ1) is 9.06. The van der Waals surface area contributed by atoms with E-state index in [2.05, 4.69) is 41.4 Å². The van der Waals surface area contributed by atoms with Crippen LogP contribution in [-0.2, 0) is 0 Å². The number of halogens is 1. The maximum absolute atomic E-state index is 11.6. The van der Waals surface area contributed by atoms with Crippen molar-refractivity contribution in [1.82, 2.24) is 14.8 Å². The van der Waals surface area contributed by atoms with Crippen LogP contribution in [-0.4, -0.2) is 31.9 Å². The van der Waals surface area contributed by atoms with Gasteiger partial charge >= 0.3 is 12.0 Å². The Morgan fingerprint density at radius 2 is 2.11 bits per heavy atom. The van der Waals surface area contributed by atoms with E-state index in [0.717, 1.165) is 11.5 Å². The molecule has 0 aliphatic carbocycles. The third-order valence-electron chi connectivity index (χ3n) is 1.97. The molecule has 0 aliphatic heterocycles. The van der Waals surface area contributed by atoms with Gasteiger partial charge in [-0.05, 0) is 39.3 Å². The second-order valence-corrected chi connectivity index (χ2v) is 4.83. The maximum atomic E-state index is 11.6. The molecule has 3 N–H and O–H groups in total. The van der Waals surface area contributed by atoms with Gasteiger partial charge in [0.25, 0.3) is 0 Å². The first kappa shape index (κ1) is 13.4. The highest BCUT2D eigenvalue weighted by Crippen LogP contribution is 2.21. The van der Waals surface area contributed by atoms with Crippen LogP contribution >= 0.6 is 27.5 Å². The standard InChI is InChI=1S/C9H6BrN5O3S/c10-6-2-1-4(3-5(6)7(16)17)11-8(18)12-9-13-14-15-19-9/h1-3H,(H,16,17)(H2,11,12,13,15,18). The molecule has 2 amide bonds. The topological polar surface area (TPSA) is 117 Å². The highest BCUT2D eigenvalue weighted by atomic mass is 79.9. The van der Waals surface area contributed by atoms with E-state index in [0.29, 0.717) is 10.2 Å². The van der Waals surface area contributed by atoms with Crippen molar-refractivity contribution in [2.45, 2.75) is 0 Å². The Labute approximate surface area is 119 Å². The summed E-state index contributed by atoms with van der Waals surface area (Å²) in [4.78, 5) is 22.5. The second kappa shape index (κ2) is 5.71. The highest BCUT2D eigenvalue weighted by Gasteiger charge is 2.11. The summed E-state index contributed by atoms with van der Waals surface area (Å²) in [5.74, 6) is -1.09. The average Bonchev–Trinajstić information content (AvgIpc) is 2.84. The number of hydrogen-bond donors (Lipinski definition) is 3. The fourth-order valence-corrected chi connectivity index (χ4v) is 1.99. The molecule has 19 heavy (non-hydrogen) atoms. The van der Waals surface area contributed by atoms with Crippen LogP contribution in [0.15, 0.2) is 22.7 Å². The van der Waals surface area contributed by atoms with Crippen molar-refractivity contribution in [2.24, 2.45) is 0 Å². The monoisotopic (exact) mass is 343 g/mol. The number of urea groups is 1. The Kier molecular flexibility index (Phi) is 4.02. The second-order valence-electron chi connectivity index (χ2n) is 3.25. The van der Waals surface area contributed by atoms with Crippen LogP contribution in [0.25, 0.3) is 0 Å². The molecule has 8 nitrogen and oxygen atoms in total. The SMILES string of the molecule is O=C(Nc1ccc(Br)c(C(=O)O)c1)Nc1nnns1. The van der Waals surface area contributed by atoms with Gasteiger partial charge in [-0.2, -0.15) is 0 Å². The summed E-state index contributed by atoms with van der Waals surface area (Å²) in [6, 6.07) is 3.88. The number of benzene rings is 1. The predicted octanol–water partition coefficient (Wildman–Crippen LogP) is 2.04. The van der Waals surface area contributed by atoms with Crippen LogP contribution in [0.3, 0.4) is 0 Å². The van der Waals surface area contributed by atoms with Gasteiger partial charge in [0.2, 0.25) is 5.13 Å². The molecule has 0 radical (unpaired) electrons. The molecule has 2 rings (SSSR count). The van der Waals surface area contributed by atoms with Gasteiger partial charge in [-0.25, -0.2) is 9.59 Å². The molecule has 0 aliphatic rings. The zero-order valence-corrected chi connectivity index (χ0v) is 11.5. The minimum Gasteiger partial charge on any atom is -0.478 e. The smallest absolute Gasteiger partial charge is 0.336 e. The lowest BCUT2D eigenvalue weighted by atomic mass is 10.2. The number of anilines is 2. The largest absolute Gasteiger partial charge is 0.478 e. The van der Waals surface area contributed by atoms with Crippen LogP contribution in [0.1, 0.15) is 10.4 Å². The molecule has 1 aromatic heterocycles. The summed E-state index contributed by atoms with van der Waals surface area (Å²) in [6.45, 7) is 0. The number of nitrogens with zero attached hydrogens (tertiary/aromatic N) is 3. The lowest BCUT2D eigenvalue weighted by Crippen LogP contribution is -2.19. The number of amides is 2. The van der Waals surface area contributed by atoms with Gasteiger partial charge in [0, 0.05) is 21.7 Å². The summed E-state index contributed by atoms with van der Waals surface area (Å²) >= 11 is 4.04. The number of hydrogen-bond acceptors (Lipinski definition) is 6. The van der Waals surface area contributed by atoms with Crippen LogP contribution in [0.4, 0.5) is 15.6 Å². The molecule has 0 saturated heterocycles. The molecule has 98 valence electrons. The molecule has 0 saturated carbocycles. The molecule has 1 aromatic carbocycles. The third kappa shape index (κ3) is 3.45. The van der Waals surface area contributed by atoms with Crippen LogP contribution in [0, 0.1) is 0 Å². The molecule has 10 heteroatoms. The van der Waals surface area contributed by atoms with E-state index < -0.39 is 12.0 Å². The Balaban J connectivity index is 2.09. The predicted molar refractivity (Wildman–Crippen MR) is 71.4 cm³/mol. The highest BCUT2D eigenvalue weighted by molar-refractivity contribution is 9.10. The van der Waals surface area contributed by atoms with E-state index in [1.165, 1.54) is 12.1 Å². The Morgan fingerprint density at radius 1 is 1.32 bits per heavy atom. The van der Waals surface area contributed by atoms with Crippen LogP contribution < -0.4 is 10.6 Å². The lowest BCUT2D eigenvalue weighted by Gasteiger charge is -2.06. The van der Waals surface area contributed by atoms with E-state index >= 15 is 0 Å². The molecular weight excluding hydrogens is 338 g/mol. The molecule has 0 unspecified atom stereocenters. The van der Waals surface area contributed by atoms with E-state index in [9.17, 15) is 9.59 Å². The van der Waals surface area contributed by atoms with Crippen LogP contribution in [0.2, 0.25) is 0 Å². The summed E-state index contributed by atoms with van der Waals surface area (Å²) in [7, 11) is 0. The number of carboxylic acids is 1. The number of nitrogens with one attached hydrogen (secondary N) is 2. The van der Waals surface area contributed by atoms with E-state index in [1.54, 1.807) is 6.07 Å². The minimum atomic E-state index is -1.09. The average molecular weight is 344 g/mol. The number of carboxylic acid groups (broad SMARTS) is 1. The van der Waals surface area contributed by atoms with E-state index in [4.69, 9.17) is 5.11 Å². The summed E-state index contributed by atoms with van der Waals surface area (Å²) in [5.41, 5.74) is 0.394. The normalized spacial score (nSPS) is 9.95. The van der Waals surface area contributed by atoms with Gasteiger partial charge < -0.3 is 10.4 Å². The van der Waals surface area contributed by atoms with E-state index in [1.807, 2.05) is 0 Å². The third-order valence-corrected chi connectivity index (χ3v) is 3.18. The molecule has 0 fully saturated rings. The van der Waals surface area contributed by atoms with Crippen molar-refractivity contribution in [3.63, 3.8) is 0 Å². The lowest BCUT2D eigenvalue weighted by molar-refractivity contribution is 0.0696. The molecule has 1 heterocycles. The Hall–Kier alpha value is -2.07. The number of aromatic nitrogens is 3. The zero-order valence-electron chi connectivity index (χ0n) is 9.12. The van der Waals surface area contributed by atoms with Gasteiger partial charge in [0.05, 0.1) is 5.56 Å². The summed E-state index contributed by atoms with van der Waals surface area (Å²) in [5, 5.41) is 20.9. The zero-order chi connectivity index (χ0) is 13.8. The van der Waals surface area contributed by atoms with Gasteiger partial charge in [-0.1, -0.05) is 9.59 Å². The molecule has 0 spiro atoms. The fourth-order valence-electron chi connectivity index (χ4n) is 1.21. The summed E-state index contributed by atoms with van der Waals surface area (Å²) < 4.78 is 3.92. The quantitative estimate of drug-likeness (QED) is 0.784. The maximum Gasteiger partial charge on any atom is 0.336 e. The van der Waals surface area contributed by atoms with Gasteiger partial charge in [0.1, 0.15) is 0 Å². The van der Waals surface area contributed by atoms with Crippen molar-refractivity contribution in [1.29, 1.82) is 0 Å². The van der Waals surface area contributed by atoms with Crippen molar-refractivity contribution < 1.29 is 14.7 Å². The van der Waals surface area contributed by atoms with Gasteiger partial charge in [-0.15, -0.1) is 0 Å². The number of carbonyl (C=O) groups is 2. The minimum absolute atomic E-state index is 0.0513. The van der Waals surface area contributed by atoms with Gasteiger partial charge in [-0.3, -0.25) is 5.32 Å². The van der Waals surface area contributed by atoms with Crippen molar-refractivity contribution >= 4 is 50.3 Å².